The van der Waals surface area contributed by atoms with Crippen LogP contribution in [0.2, 0.25) is 0 Å². The highest BCUT2D eigenvalue weighted by atomic mass is 16.5. The second-order valence-electron chi connectivity index (χ2n) is 7.20. The normalized spacial score (nSPS) is 11.3. The number of hydrogen-bond donors (Lipinski definition) is 1. The summed E-state index contributed by atoms with van der Waals surface area (Å²) in [4.78, 5) is 4.52. The van der Waals surface area contributed by atoms with Crippen molar-refractivity contribution >= 4 is 21.7 Å². The quantitative estimate of drug-likeness (QED) is 0.239. The molecule has 154 valence electrons. The molecule has 3 aromatic carbocycles. The number of ether oxygens (including phenoxy) is 1. The molecule has 2 aromatic heterocycles. The summed E-state index contributed by atoms with van der Waals surface area (Å²) < 4.78 is 11.3. The van der Waals surface area contributed by atoms with Gasteiger partial charge in [-0.1, -0.05) is 41.3 Å². The van der Waals surface area contributed by atoms with Crippen molar-refractivity contribution in [2.24, 2.45) is 5.16 Å². The Morgan fingerprint density at radius 1 is 0.875 bits per heavy atom. The van der Waals surface area contributed by atoms with Crippen molar-refractivity contribution in [1.29, 1.82) is 0 Å². The zero-order chi connectivity index (χ0) is 21.9. The lowest BCUT2D eigenvalue weighted by Gasteiger charge is -2.05. The first kappa shape index (κ1) is 19.4. The van der Waals surface area contributed by atoms with Crippen molar-refractivity contribution in [2.45, 2.75) is 0 Å². The van der Waals surface area contributed by atoms with E-state index in [1.165, 1.54) is 0 Å². The summed E-state index contributed by atoms with van der Waals surface area (Å²) in [6.45, 7) is 0. The summed E-state index contributed by atoms with van der Waals surface area (Å²) in [5.74, 6) is 7.59. The highest BCUT2D eigenvalue weighted by Crippen LogP contribution is 2.24. The van der Waals surface area contributed by atoms with Crippen molar-refractivity contribution in [1.82, 2.24) is 4.98 Å². The molecule has 0 spiro atoms. The minimum atomic E-state index is 0.408. The summed E-state index contributed by atoms with van der Waals surface area (Å²) >= 11 is 0. The standard InChI is InChI=1S/C27H18N2O3/c1-31-22-11-8-18(9-12-22)6-7-19-10-13-23-24(29-30)16-27(32-26(23)14-19)25-15-20-4-2-3-5-21(20)17-28-25/h2-5,8-17,30H,1H3/b29-24-. The predicted octanol–water partition coefficient (Wildman–Crippen LogP) is 5.35. The van der Waals surface area contributed by atoms with E-state index in [-0.39, 0.29) is 0 Å². The molecule has 0 fully saturated rings. The topological polar surface area (TPSA) is 67.8 Å². The molecule has 0 radical (unpaired) electrons. The molecule has 5 rings (SSSR count). The number of methoxy groups -OCH3 is 1. The summed E-state index contributed by atoms with van der Waals surface area (Å²) in [5, 5.41) is 16.2. The minimum Gasteiger partial charge on any atom is -0.497 e. The molecule has 0 aliphatic carbocycles. The van der Waals surface area contributed by atoms with Crippen LogP contribution in [0.3, 0.4) is 0 Å². The summed E-state index contributed by atoms with van der Waals surface area (Å²) in [5.41, 5.74) is 2.88. The molecular weight excluding hydrogens is 400 g/mol. The molecule has 1 N–H and O–H groups in total. The average Bonchev–Trinajstić information content (AvgIpc) is 2.86. The number of hydrogen-bond acceptors (Lipinski definition) is 5. The van der Waals surface area contributed by atoms with Gasteiger partial charge in [-0.2, -0.15) is 0 Å². The van der Waals surface area contributed by atoms with Gasteiger partial charge in [-0.05, 0) is 53.9 Å². The lowest BCUT2D eigenvalue weighted by Crippen LogP contribution is -2.04. The lowest BCUT2D eigenvalue weighted by molar-refractivity contribution is 0.302. The van der Waals surface area contributed by atoms with Gasteiger partial charge in [0.2, 0.25) is 0 Å². The molecule has 0 aliphatic rings. The van der Waals surface area contributed by atoms with Crippen LogP contribution in [0.25, 0.3) is 33.2 Å². The fraction of sp³-hybridized carbons (Fsp3) is 0.0370. The van der Waals surface area contributed by atoms with Crippen molar-refractivity contribution < 1.29 is 14.4 Å². The molecule has 0 saturated heterocycles. The van der Waals surface area contributed by atoms with Gasteiger partial charge in [0.05, 0.1) is 7.11 Å². The zero-order valence-electron chi connectivity index (χ0n) is 17.2. The van der Waals surface area contributed by atoms with Crippen molar-refractivity contribution in [3.63, 3.8) is 0 Å². The molecule has 5 aromatic rings. The van der Waals surface area contributed by atoms with E-state index in [2.05, 4.69) is 22.0 Å². The summed E-state index contributed by atoms with van der Waals surface area (Å²) in [7, 11) is 1.63. The van der Waals surface area contributed by atoms with Crippen LogP contribution < -0.4 is 10.1 Å². The van der Waals surface area contributed by atoms with Crippen LogP contribution in [-0.4, -0.2) is 17.3 Å². The van der Waals surface area contributed by atoms with Crippen LogP contribution in [0.15, 0.2) is 94.6 Å². The number of nitrogens with zero attached hydrogens (tertiary/aromatic N) is 2. The van der Waals surface area contributed by atoms with Crippen LogP contribution in [0.4, 0.5) is 0 Å². The lowest BCUT2D eigenvalue weighted by atomic mass is 10.1. The van der Waals surface area contributed by atoms with E-state index in [9.17, 15) is 5.21 Å². The van der Waals surface area contributed by atoms with Gasteiger partial charge in [0.25, 0.3) is 0 Å². The van der Waals surface area contributed by atoms with Gasteiger partial charge in [-0.25, -0.2) is 0 Å². The molecular formula is C27H18N2O3. The number of benzene rings is 3. The first-order valence-corrected chi connectivity index (χ1v) is 10.0. The van der Waals surface area contributed by atoms with E-state index in [1.807, 2.05) is 72.8 Å². The zero-order valence-corrected chi connectivity index (χ0v) is 17.2. The SMILES string of the molecule is COc1ccc(C#Cc2ccc3/c(=N\O)cc(-c4cc5ccccc5cn4)oc3c2)cc1. The second-order valence-corrected chi connectivity index (χ2v) is 7.20. The highest BCUT2D eigenvalue weighted by molar-refractivity contribution is 5.85. The van der Waals surface area contributed by atoms with Crippen LogP contribution in [0.1, 0.15) is 11.1 Å². The molecule has 0 bridgehead atoms. The molecule has 32 heavy (non-hydrogen) atoms. The van der Waals surface area contributed by atoms with Crippen LogP contribution >= 0.6 is 0 Å². The third-order valence-electron chi connectivity index (χ3n) is 5.18. The number of fused-ring (bicyclic) bond motifs is 2. The Labute approximate surface area is 184 Å². The van der Waals surface area contributed by atoms with Gasteiger partial charge < -0.3 is 14.4 Å². The van der Waals surface area contributed by atoms with Gasteiger partial charge in [0.1, 0.15) is 22.4 Å². The summed E-state index contributed by atoms with van der Waals surface area (Å²) in [6, 6.07) is 24.7. The monoisotopic (exact) mass is 418 g/mol. The minimum absolute atomic E-state index is 0.408. The Bertz CT molecular complexity index is 1570. The Balaban J connectivity index is 1.58. The molecule has 5 heteroatoms. The predicted molar refractivity (Wildman–Crippen MR) is 123 cm³/mol. The Morgan fingerprint density at radius 3 is 2.41 bits per heavy atom. The largest absolute Gasteiger partial charge is 0.497 e. The third kappa shape index (κ3) is 3.78. The van der Waals surface area contributed by atoms with Crippen LogP contribution in [0.5, 0.6) is 5.75 Å². The highest BCUT2D eigenvalue weighted by Gasteiger charge is 2.09. The Hall–Kier alpha value is -4.56. The molecule has 0 atom stereocenters. The van der Waals surface area contributed by atoms with Gasteiger partial charge in [0.15, 0.2) is 5.76 Å². The van der Waals surface area contributed by atoms with E-state index < -0.39 is 0 Å². The maximum absolute atomic E-state index is 9.57. The first-order chi connectivity index (χ1) is 15.7. The van der Waals surface area contributed by atoms with Gasteiger partial charge in [-0.3, -0.25) is 4.98 Å². The van der Waals surface area contributed by atoms with E-state index >= 15 is 0 Å². The van der Waals surface area contributed by atoms with E-state index in [0.29, 0.717) is 27.8 Å². The maximum Gasteiger partial charge on any atom is 0.155 e. The fourth-order valence-electron chi connectivity index (χ4n) is 3.49. The smallest absolute Gasteiger partial charge is 0.155 e. The summed E-state index contributed by atoms with van der Waals surface area (Å²) in [6.07, 6.45) is 1.80. The molecule has 0 aliphatic heterocycles. The van der Waals surface area contributed by atoms with Crippen molar-refractivity contribution in [2.75, 3.05) is 7.11 Å². The van der Waals surface area contributed by atoms with Crippen molar-refractivity contribution in [3.05, 3.63) is 102 Å². The fourth-order valence-corrected chi connectivity index (χ4v) is 3.49. The average molecular weight is 418 g/mol. The Morgan fingerprint density at radius 2 is 1.62 bits per heavy atom. The second kappa shape index (κ2) is 8.29. The van der Waals surface area contributed by atoms with Crippen LogP contribution in [0, 0.1) is 11.8 Å². The van der Waals surface area contributed by atoms with Gasteiger partial charge in [0, 0.05) is 34.2 Å². The first-order valence-electron chi connectivity index (χ1n) is 10.0. The van der Waals surface area contributed by atoms with Crippen molar-refractivity contribution in [3.8, 4) is 29.0 Å². The van der Waals surface area contributed by atoms with Gasteiger partial charge >= 0.3 is 0 Å². The third-order valence-corrected chi connectivity index (χ3v) is 5.18. The molecule has 0 amide bonds. The van der Waals surface area contributed by atoms with Crippen LogP contribution in [-0.2, 0) is 0 Å². The number of aromatic nitrogens is 1. The molecule has 2 heterocycles. The molecule has 5 nitrogen and oxygen atoms in total. The maximum atomic E-state index is 9.57. The van der Waals surface area contributed by atoms with E-state index in [0.717, 1.165) is 27.6 Å². The van der Waals surface area contributed by atoms with E-state index in [1.54, 1.807) is 19.4 Å². The number of rotatable bonds is 2. The molecule has 0 unspecified atom stereocenters. The molecule has 0 saturated carbocycles. The number of pyridine rings is 1. The Kier molecular flexibility index (Phi) is 5.03. The van der Waals surface area contributed by atoms with E-state index in [4.69, 9.17) is 9.15 Å². The van der Waals surface area contributed by atoms with Gasteiger partial charge in [-0.15, -0.1) is 0 Å².